The summed E-state index contributed by atoms with van der Waals surface area (Å²) in [6.45, 7) is 5.69. The number of hydrogen-bond acceptors (Lipinski definition) is 7. The van der Waals surface area contributed by atoms with E-state index in [-0.39, 0.29) is 39.9 Å². The third kappa shape index (κ3) is 5.40. The molecule has 0 unspecified atom stereocenters. The first kappa shape index (κ1) is 23.8. The summed E-state index contributed by atoms with van der Waals surface area (Å²) in [5.41, 5.74) is -0.493. The van der Waals surface area contributed by atoms with Crippen LogP contribution in [0, 0.1) is 5.41 Å². The van der Waals surface area contributed by atoms with Gasteiger partial charge in [0.1, 0.15) is 17.3 Å². The van der Waals surface area contributed by atoms with Crippen molar-refractivity contribution in [3.8, 4) is 0 Å². The SMILES string of the molecule is CCN(CC)S(=O)(=O)c1cc(C(=O)OC/C(O)=C(\C(C)=N)C(C)=O)ccc1Cl. The van der Waals surface area contributed by atoms with Gasteiger partial charge in [0.25, 0.3) is 0 Å². The lowest BCUT2D eigenvalue weighted by Crippen LogP contribution is -2.31. The van der Waals surface area contributed by atoms with Crippen molar-refractivity contribution in [1.29, 1.82) is 5.41 Å². The zero-order valence-corrected chi connectivity index (χ0v) is 17.6. The number of hydrogen-bond donors (Lipinski definition) is 2. The Morgan fingerprint density at radius 1 is 1.21 bits per heavy atom. The number of ether oxygens (including phenoxy) is 1. The molecular weight excluding hydrogens is 408 g/mol. The number of aliphatic hydroxyl groups is 1. The maximum absolute atomic E-state index is 12.7. The van der Waals surface area contributed by atoms with Crippen LogP contribution in [0.5, 0.6) is 0 Å². The second-order valence-electron chi connectivity index (χ2n) is 5.81. The maximum atomic E-state index is 12.7. The number of Topliss-reactive ketones (excluding diaryl/α,β-unsaturated/α-hetero) is 1. The van der Waals surface area contributed by atoms with Crippen LogP contribution in [-0.2, 0) is 19.6 Å². The molecule has 8 nitrogen and oxygen atoms in total. The van der Waals surface area contributed by atoms with Crippen molar-refractivity contribution in [2.24, 2.45) is 0 Å². The van der Waals surface area contributed by atoms with Crippen LogP contribution in [0.15, 0.2) is 34.4 Å². The minimum absolute atomic E-state index is 0.0375. The first-order valence-electron chi connectivity index (χ1n) is 8.42. The van der Waals surface area contributed by atoms with E-state index in [4.69, 9.17) is 21.7 Å². The van der Waals surface area contributed by atoms with Crippen LogP contribution in [0.1, 0.15) is 38.1 Å². The molecule has 0 aliphatic rings. The number of esters is 1. The Balaban J connectivity index is 3.17. The fourth-order valence-corrected chi connectivity index (χ4v) is 4.46. The first-order valence-corrected chi connectivity index (χ1v) is 10.2. The third-order valence-electron chi connectivity index (χ3n) is 3.85. The highest BCUT2D eigenvalue weighted by atomic mass is 35.5. The molecule has 0 amide bonds. The van der Waals surface area contributed by atoms with E-state index in [2.05, 4.69) is 0 Å². The first-order chi connectivity index (χ1) is 13.0. The molecule has 28 heavy (non-hydrogen) atoms. The molecule has 0 radical (unpaired) electrons. The Hall–Kier alpha value is -2.23. The fourth-order valence-electron chi connectivity index (χ4n) is 2.50. The van der Waals surface area contributed by atoms with Gasteiger partial charge in [0.15, 0.2) is 5.78 Å². The molecule has 0 aromatic heterocycles. The predicted octanol–water partition coefficient (Wildman–Crippen LogP) is 2.97. The third-order valence-corrected chi connectivity index (χ3v) is 6.38. The van der Waals surface area contributed by atoms with Gasteiger partial charge in [0.05, 0.1) is 16.2 Å². The lowest BCUT2D eigenvalue weighted by Gasteiger charge is -2.19. The highest BCUT2D eigenvalue weighted by Gasteiger charge is 2.26. The van der Waals surface area contributed by atoms with Gasteiger partial charge in [0, 0.05) is 18.8 Å². The number of benzene rings is 1. The largest absolute Gasteiger partial charge is 0.508 e. The predicted molar refractivity (Wildman–Crippen MR) is 106 cm³/mol. The number of rotatable bonds is 9. The van der Waals surface area contributed by atoms with Gasteiger partial charge < -0.3 is 15.3 Å². The second-order valence-corrected chi connectivity index (χ2v) is 8.13. The van der Waals surface area contributed by atoms with Gasteiger partial charge in [-0.3, -0.25) is 4.79 Å². The van der Waals surface area contributed by atoms with Crippen LogP contribution in [0.25, 0.3) is 0 Å². The molecule has 0 saturated heterocycles. The Labute approximate surface area is 169 Å². The molecule has 0 spiro atoms. The molecule has 10 heteroatoms. The minimum atomic E-state index is -3.89. The van der Waals surface area contributed by atoms with Crippen LogP contribution in [0.2, 0.25) is 5.02 Å². The Morgan fingerprint density at radius 2 is 1.79 bits per heavy atom. The highest BCUT2D eigenvalue weighted by molar-refractivity contribution is 7.89. The van der Waals surface area contributed by atoms with Crippen LogP contribution in [0.3, 0.4) is 0 Å². The maximum Gasteiger partial charge on any atom is 0.338 e. The number of nitrogens with one attached hydrogen (secondary N) is 1. The summed E-state index contributed by atoms with van der Waals surface area (Å²) in [5, 5.41) is 17.4. The number of ketones is 1. The van der Waals surface area contributed by atoms with Crippen LogP contribution < -0.4 is 0 Å². The smallest absolute Gasteiger partial charge is 0.338 e. The van der Waals surface area contributed by atoms with E-state index in [1.54, 1.807) is 13.8 Å². The Morgan fingerprint density at radius 3 is 2.25 bits per heavy atom. The molecule has 0 aliphatic carbocycles. The summed E-state index contributed by atoms with van der Waals surface area (Å²) in [6, 6.07) is 3.67. The molecule has 0 bridgehead atoms. The molecule has 1 aromatic rings. The van der Waals surface area contributed by atoms with E-state index < -0.39 is 34.1 Å². The van der Waals surface area contributed by atoms with Gasteiger partial charge in [-0.25, -0.2) is 13.2 Å². The number of sulfonamides is 1. The zero-order chi connectivity index (χ0) is 21.6. The van der Waals surface area contributed by atoms with E-state index >= 15 is 0 Å². The average Bonchev–Trinajstić information content (AvgIpc) is 2.60. The molecule has 1 aromatic carbocycles. The van der Waals surface area contributed by atoms with Crippen LogP contribution in [0.4, 0.5) is 0 Å². The number of carbonyl (C=O) groups excluding carboxylic acids is 2. The van der Waals surface area contributed by atoms with E-state index in [0.29, 0.717) is 0 Å². The zero-order valence-electron chi connectivity index (χ0n) is 16.1. The van der Waals surface area contributed by atoms with Gasteiger partial charge in [-0.1, -0.05) is 25.4 Å². The van der Waals surface area contributed by atoms with Crippen LogP contribution >= 0.6 is 11.6 Å². The van der Waals surface area contributed by atoms with E-state index in [1.165, 1.54) is 30.3 Å². The highest BCUT2D eigenvalue weighted by Crippen LogP contribution is 2.26. The summed E-state index contributed by atoms with van der Waals surface area (Å²) in [6.07, 6.45) is 0. The van der Waals surface area contributed by atoms with E-state index in [0.717, 1.165) is 6.07 Å². The average molecular weight is 431 g/mol. The molecule has 154 valence electrons. The molecular formula is C18H23ClN2O6S. The molecule has 0 aliphatic heterocycles. The van der Waals surface area contributed by atoms with Gasteiger partial charge in [0.2, 0.25) is 10.0 Å². The quantitative estimate of drug-likeness (QED) is 0.268. The summed E-state index contributed by atoms with van der Waals surface area (Å²) < 4.78 is 31.5. The molecule has 1 rings (SSSR count). The minimum Gasteiger partial charge on any atom is -0.508 e. The van der Waals surface area contributed by atoms with Crippen molar-refractivity contribution < 1.29 is 27.9 Å². The van der Waals surface area contributed by atoms with Crippen molar-refractivity contribution in [2.75, 3.05) is 19.7 Å². The molecule has 0 atom stereocenters. The topological polar surface area (TPSA) is 125 Å². The fraction of sp³-hybridized carbons (Fsp3) is 0.389. The molecule has 0 saturated carbocycles. The van der Waals surface area contributed by atoms with E-state index in [9.17, 15) is 23.1 Å². The van der Waals surface area contributed by atoms with Crippen molar-refractivity contribution in [3.05, 3.63) is 40.1 Å². The lowest BCUT2D eigenvalue weighted by molar-refractivity contribution is -0.113. The number of nitrogens with zero attached hydrogens (tertiary/aromatic N) is 1. The number of aliphatic hydroxyl groups excluding tert-OH is 1. The summed E-state index contributed by atoms with van der Waals surface area (Å²) in [5.74, 6) is -2.01. The van der Waals surface area contributed by atoms with Crippen molar-refractivity contribution >= 4 is 39.1 Å². The summed E-state index contributed by atoms with van der Waals surface area (Å²) in [7, 11) is -3.89. The van der Waals surface area contributed by atoms with Gasteiger partial charge in [-0.05, 0) is 32.0 Å². The molecule has 0 fully saturated rings. The number of halogens is 1. The summed E-state index contributed by atoms with van der Waals surface area (Å²) in [4.78, 5) is 23.5. The second kappa shape index (κ2) is 9.81. The van der Waals surface area contributed by atoms with Gasteiger partial charge >= 0.3 is 5.97 Å². The molecule has 0 heterocycles. The van der Waals surface area contributed by atoms with Crippen molar-refractivity contribution in [2.45, 2.75) is 32.6 Å². The van der Waals surface area contributed by atoms with Crippen molar-refractivity contribution in [3.63, 3.8) is 0 Å². The lowest BCUT2D eigenvalue weighted by atomic mass is 10.1. The normalized spacial score (nSPS) is 12.5. The van der Waals surface area contributed by atoms with Crippen LogP contribution in [-0.4, -0.2) is 55.0 Å². The number of carbonyl (C=O) groups is 2. The number of allylic oxidation sites excluding steroid dienone is 1. The standard InChI is InChI=1S/C18H23ClN2O6S/c1-5-21(6-2)28(25,26)16-9-13(7-8-14(16)19)18(24)27-10-15(23)17(11(3)20)12(4)22/h7-9,20,23H,5-6,10H2,1-4H3/b17-15-,20-11?. The summed E-state index contributed by atoms with van der Waals surface area (Å²) >= 11 is 6.02. The van der Waals surface area contributed by atoms with Gasteiger partial charge in [-0.2, -0.15) is 4.31 Å². The molecule has 2 N–H and O–H groups in total. The van der Waals surface area contributed by atoms with E-state index in [1.807, 2.05) is 0 Å². The Bertz CT molecular complexity index is 904. The Kier molecular flexibility index (Phi) is 8.34. The van der Waals surface area contributed by atoms with Crippen molar-refractivity contribution in [1.82, 2.24) is 4.31 Å². The monoisotopic (exact) mass is 430 g/mol. The van der Waals surface area contributed by atoms with Gasteiger partial charge in [-0.15, -0.1) is 0 Å².